The number of pyridine rings is 1. The Bertz CT molecular complexity index is 1130. The van der Waals surface area contributed by atoms with Gasteiger partial charge in [0.05, 0.1) is 19.2 Å². The van der Waals surface area contributed by atoms with Crippen LogP contribution in [-0.2, 0) is 4.43 Å². The number of rotatable bonds is 8. The molecule has 0 bridgehead atoms. The summed E-state index contributed by atoms with van der Waals surface area (Å²) in [5, 5.41) is 0.604. The van der Waals surface area contributed by atoms with Crippen molar-refractivity contribution in [3.05, 3.63) is 48.2 Å². The second kappa shape index (κ2) is 9.52. The van der Waals surface area contributed by atoms with Gasteiger partial charge in [-0.15, -0.1) is 0 Å². The zero-order valence-electron chi connectivity index (χ0n) is 19.8. The molecular formula is C24H30F2N2O4Si. The summed E-state index contributed by atoms with van der Waals surface area (Å²) in [6, 6.07) is 6.88. The topological polar surface area (TPSA) is 75.8 Å². The molecule has 1 aromatic heterocycles. The van der Waals surface area contributed by atoms with Gasteiger partial charge in [-0.2, -0.15) is 0 Å². The summed E-state index contributed by atoms with van der Waals surface area (Å²) >= 11 is 0. The van der Waals surface area contributed by atoms with Gasteiger partial charge in [0.1, 0.15) is 12.4 Å². The third-order valence-corrected chi connectivity index (χ3v) is 10.4. The van der Waals surface area contributed by atoms with Crippen molar-refractivity contribution in [2.24, 2.45) is 0 Å². The van der Waals surface area contributed by atoms with Crippen LogP contribution >= 0.6 is 0 Å². The van der Waals surface area contributed by atoms with E-state index in [1.54, 1.807) is 12.1 Å². The average Bonchev–Trinajstić information content (AvgIpc) is 2.72. The molecule has 33 heavy (non-hydrogen) atoms. The summed E-state index contributed by atoms with van der Waals surface area (Å²) in [6.07, 6.45) is 1.48. The van der Waals surface area contributed by atoms with Crippen LogP contribution in [0.1, 0.15) is 20.8 Å². The van der Waals surface area contributed by atoms with Crippen molar-refractivity contribution in [2.45, 2.75) is 38.9 Å². The van der Waals surface area contributed by atoms with Gasteiger partial charge < -0.3 is 24.4 Å². The third kappa shape index (κ3) is 5.54. The minimum Gasteiger partial charge on any atom is -0.493 e. The number of nitrogens with zero attached hydrogens (tertiary/aromatic N) is 1. The van der Waals surface area contributed by atoms with Crippen LogP contribution in [0.15, 0.2) is 36.5 Å². The van der Waals surface area contributed by atoms with E-state index < -0.39 is 25.7 Å². The lowest BCUT2D eigenvalue weighted by atomic mass is 10.1. The molecule has 2 aromatic carbocycles. The summed E-state index contributed by atoms with van der Waals surface area (Å²) in [4.78, 5) is 4.31. The molecule has 3 aromatic rings. The van der Waals surface area contributed by atoms with Gasteiger partial charge in [0.15, 0.2) is 37.2 Å². The Morgan fingerprint density at radius 2 is 1.64 bits per heavy atom. The van der Waals surface area contributed by atoms with E-state index >= 15 is 0 Å². The van der Waals surface area contributed by atoms with E-state index in [9.17, 15) is 8.78 Å². The van der Waals surface area contributed by atoms with E-state index in [0.29, 0.717) is 35.6 Å². The molecule has 3 rings (SSSR count). The van der Waals surface area contributed by atoms with E-state index in [0.717, 1.165) is 12.1 Å². The SMILES string of the molecule is COc1cc2nccc(Oc3c(F)cc(N)cc3F)c2cc1OCCO[Si](C)(C)C(C)(C)C. The monoisotopic (exact) mass is 476 g/mol. The fourth-order valence-corrected chi connectivity index (χ4v) is 3.97. The molecule has 2 N–H and O–H groups in total. The van der Waals surface area contributed by atoms with Crippen molar-refractivity contribution in [3.63, 3.8) is 0 Å². The van der Waals surface area contributed by atoms with Crippen molar-refractivity contribution in [1.82, 2.24) is 4.98 Å². The summed E-state index contributed by atoms with van der Waals surface area (Å²) in [7, 11) is -0.370. The number of halogens is 2. The van der Waals surface area contributed by atoms with Crippen molar-refractivity contribution >= 4 is 24.9 Å². The minimum atomic E-state index is -1.90. The molecule has 0 spiro atoms. The molecular weight excluding hydrogens is 446 g/mol. The van der Waals surface area contributed by atoms with Crippen molar-refractivity contribution < 1.29 is 27.4 Å². The first-order valence-corrected chi connectivity index (χ1v) is 13.5. The maximum atomic E-state index is 14.3. The standard InChI is InChI=1S/C24H30F2N2O4Si/c1-24(2,3)33(5,6)31-10-9-30-22-13-16-19(14-21(22)29-4)28-8-7-20(16)32-23-17(25)11-15(27)12-18(23)26/h7-8,11-14H,9-10,27H2,1-6H3. The molecule has 1 heterocycles. The number of fused-ring (bicyclic) bond motifs is 1. The molecule has 0 saturated heterocycles. The molecule has 178 valence electrons. The van der Waals surface area contributed by atoms with Crippen LogP contribution in [0.3, 0.4) is 0 Å². The molecule has 6 nitrogen and oxygen atoms in total. The van der Waals surface area contributed by atoms with Gasteiger partial charge in [0.25, 0.3) is 0 Å². The number of hydrogen-bond donors (Lipinski definition) is 1. The lowest BCUT2D eigenvalue weighted by Crippen LogP contribution is -2.41. The van der Waals surface area contributed by atoms with E-state index in [4.69, 9.17) is 24.4 Å². The van der Waals surface area contributed by atoms with E-state index in [2.05, 4.69) is 38.8 Å². The Labute approximate surface area is 193 Å². The fourth-order valence-electron chi connectivity index (χ4n) is 2.94. The van der Waals surface area contributed by atoms with Crippen LogP contribution in [0.2, 0.25) is 18.1 Å². The van der Waals surface area contributed by atoms with Gasteiger partial charge >= 0.3 is 0 Å². The molecule has 0 aliphatic heterocycles. The highest BCUT2D eigenvalue weighted by molar-refractivity contribution is 6.74. The number of hydrogen-bond acceptors (Lipinski definition) is 6. The highest BCUT2D eigenvalue weighted by Crippen LogP contribution is 2.39. The predicted octanol–water partition coefficient (Wildman–Crippen LogP) is 6.30. The number of aromatic nitrogens is 1. The van der Waals surface area contributed by atoms with E-state index in [-0.39, 0.29) is 16.5 Å². The molecule has 0 amide bonds. The normalized spacial score (nSPS) is 12.1. The number of ether oxygens (including phenoxy) is 3. The number of nitrogens with two attached hydrogens (primary N) is 1. The summed E-state index contributed by atoms with van der Waals surface area (Å²) in [5.74, 6) is -1.20. The summed E-state index contributed by atoms with van der Waals surface area (Å²) in [5.41, 5.74) is 5.98. The van der Waals surface area contributed by atoms with Crippen LogP contribution in [0.5, 0.6) is 23.0 Å². The van der Waals surface area contributed by atoms with Crippen molar-refractivity contribution in [3.8, 4) is 23.0 Å². The van der Waals surface area contributed by atoms with E-state index in [1.807, 2.05) is 0 Å². The number of benzene rings is 2. The van der Waals surface area contributed by atoms with Crippen molar-refractivity contribution in [1.29, 1.82) is 0 Å². The van der Waals surface area contributed by atoms with Gasteiger partial charge in [-0.1, -0.05) is 20.8 Å². The van der Waals surface area contributed by atoms with Gasteiger partial charge in [-0.25, -0.2) is 8.78 Å². The van der Waals surface area contributed by atoms with Crippen LogP contribution in [-0.4, -0.2) is 33.6 Å². The van der Waals surface area contributed by atoms with Crippen LogP contribution in [0.4, 0.5) is 14.5 Å². The molecule has 0 saturated carbocycles. The molecule has 0 atom stereocenters. The molecule has 0 radical (unpaired) electrons. The Balaban J connectivity index is 1.86. The van der Waals surface area contributed by atoms with Crippen LogP contribution in [0, 0.1) is 11.6 Å². The molecule has 0 aliphatic carbocycles. The highest BCUT2D eigenvalue weighted by Gasteiger charge is 2.36. The lowest BCUT2D eigenvalue weighted by Gasteiger charge is -2.36. The molecule has 9 heteroatoms. The molecule has 0 aliphatic rings. The largest absolute Gasteiger partial charge is 0.493 e. The van der Waals surface area contributed by atoms with Gasteiger partial charge in [0.2, 0.25) is 0 Å². The number of methoxy groups -OCH3 is 1. The fraction of sp³-hybridized carbons (Fsp3) is 0.375. The summed E-state index contributed by atoms with van der Waals surface area (Å²) < 4.78 is 51.7. The molecule has 0 fully saturated rings. The zero-order valence-corrected chi connectivity index (χ0v) is 20.8. The first-order valence-electron chi connectivity index (χ1n) is 10.6. The highest BCUT2D eigenvalue weighted by atomic mass is 28.4. The summed E-state index contributed by atoms with van der Waals surface area (Å²) in [6.45, 7) is 11.6. The smallest absolute Gasteiger partial charge is 0.198 e. The van der Waals surface area contributed by atoms with Crippen molar-refractivity contribution in [2.75, 3.05) is 26.1 Å². The van der Waals surface area contributed by atoms with Gasteiger partial charge in [-0.3, -0.25) is 4.98 Å². The van der Waals surface area contributed by atoms with Crippen LogP contribution < -0.4 is 19.9 Å². The van der Waals surface area contributed by atoms with Gasteiger partial charge in [-0.05, 0) is 30.3 Å². The maximum absolute atomic E-state index is 14.3. The zero-order chi connectivity index (χ0) is 24.4. The first-order chi connectivity index (χ1) is 15.4. The third-order valence-electron chi connectivity index (χ3n) is 5.83. The minimum absolute atomic E-state index is 0.0303. The number of anilines is 1. The first kappa shape index (κ1) is 24.7. The average molecular weight is 477 g/mol. The lowest BCUT2D eigenvalue weighted by molar-refractivity contribution is 0.199. The Hall–Kier alpha value is -2.91. The Morgan fingerprint density at radius 1 is 0.970 bits per heavy atom. The Kier molecular flexibility index (Phi) is 7.13. The van der Waals surface area contributed by atoms with E-state index in [1.165, 1.54) is 19.4 Å². The second-order valence-corrected chi connectivity index (χ2v) is 14.0. The quantitative estimate of drug-likeness (QED) is 0.234. The molecule has 0 unspecified atom stereocenters. The van der Waals surface area contributed by atoms with Gasteiger partial charge in [0, 0.05) is 35.5 Å². The van der Waals surface area contributed by atoms with Crippen LogP contribution in [0.25, 0.3) is 10.9 Å². The second-order valence-electron chi connectivity index (χ2n) is 9.20. The predicted molar refractivity (Wildman–Crippen MR) is 128 cm³/mol. The Morgan fingerprint density at radius 3 is 2.24 bits per heavy atom. The maximum Gasteiger partial charge on any atom is 0.198 e. The number of nitrogen functional groups attached to an aromatic ring is 1.